The Hall–Kier alpha value is -2.25. The summed E-state index contributed by atoms with van der Waals surface area (Å²) in [5, 5.41) is 24.2. The molecule has 0 saturated heterocycles. The summed E-state index contributed by atoms with van der Waals surface area (Å²) in [4.78, 5) is 63.2. The lowest BCUT2D eigenvalue weighted by molar-refractivity contribution is -0.136. The van der Waals surface area contributed by atoms with Crippen molar-refractivity contribution in [2.45, 2.75) is 109 Å². The van der Waals surface area contributed by atoms with Crippen molar-refractivity contribution in [3.63, 3.8) is 0 Å². The fourth-order valence-electron chi connectivity index (χ4n) is 4.50. The number of likely N-dealkylation sites (N-methyl/N-ethyl adjacent to an activating group) is 1. The molecule has 0 radical (unpaired) electrons. The number of rotatable bonds is 22. The predicted molar refractivity (Wildman–Crippen MR) is 154 cm³/mol. The molecule has 230 valence electrons. The molecule has 0 aromatic rings. The molecule has 0 bridgehead atoms. The van der Waals surface area contributed by atoms with Crippen LogP contribution in [0.5, 0.6) is 0 Å². The topological polar surface area (TPSA) is 192 Å². The molecular formula is C28H52N6O6. The second-order valence-electron chi connectivity index (χ2n) is 11.1. The van der Waals surface area contributed by atoms with Crippen LogP contribution in [0, 0.1) is 5.92 Å². The molecule has 2 amide bonds. The van der Waals surface area contributed by atoms with Crippen LogP contribution in [-0.4, -0.2) is 97.3 Å². The zero-order valence-electron chi connectivity index (χ0n) is 24.9. The van der Waals surface area contributed by atoms with Gasteiger partial charge in [0.15, 0.2) is 17.3 Å². The number of aliphatic hydroxyl groups excluding tert-OH is 1. The standard InChI is InChI=1S/C28H52N6O6/c1-6-7-12-28(4,34-26(39)21(30-5)14-20-9-8-10-20)27(40)33-22(17-35)25(38)16-32-18(2)23(36)11-13-31-19(3)24(37)15-29/h18-22,30-32,35H,6-17,29H2,1-5H3,(H,33,40)(H,34,39)/t18-,19-,21-,22-,28-/m0/s1. The Morgan fingerprint density at radius 3 is 2.17 bits per heavy atom. The zero-order valence-corrected chi connectivity index (χ0v) is 24.9. The first-order valence-electron chi connectivity index (χ1n) is 14.6. The lowest BCUT2D eigenvalue weighted by Crippen LogP contribution is -2.63. The molecule has 1 rings (SSSR count). The molecule has 1 saturated carbocycles. The number of unbranched alkanes of at least 4 members (excludes halogenated alkanes) is 1. The number of ketones is 3. The number of hydrogen-bond acceptors (Lipinski definition) is 10. The van der Waals surface area contributed by atoms with E-state index < -0.39 is 48.0 Å². The van der Waals surface area contributed by atoms with Crippen molar-refractivity contribution in [1.82, 2.24) is 26.6 Å². The van der Waals surface area contributed by atoms with Crippen LogP contribution in [0.1, 0.15) is 79.1 Å². The SMILES string of the molecule is CCCC[C@](C)(NC(=O)[C@H](CC1CCC1)NC)C(=O)N[C@@H](CO)C(=O)CN[C@@H](C)C(=O)CCN[C@@H](C)C(=O)CN. The average Bonchev–Trinajstić information content (AvgIpc) is 2.91. The van der Waals surface area contributed by atoms with Gasteiger partial charge in [0.2, 0.25) is 11.8 Å². The van der Waals surface area contributed by atoms with E-state index >= 15 is 0 Å². The van der Waals surface area contributed by atoms with Crippen LogP contribution in [0.2, 0.25) is 0 Å². The lowest BCUT2D eigenvalue weighted by Gasteiger charge is -2.34. The van der Waals surface area contributed by atoms with Gasteiger partial charge in [0, 0.05) is 13.0 Å². The normalized spacial score (nSPS) is 18.0. The molecular weight excluding hydrogens is 516 g/mol. The molecule has 12 nitrogen and oxygen atoms in total. The third-order valence-electron chi connectivity index (χ3n) is 7.84. The van der Waals surface area contributed by atoms with E-state index in [4.69, 9.17) is 5.73 Å². The maximum Gasteiger partial charge on any atom is 0.246 e. The van der Waals surface area contributed by atoms with Crippen molar-refractivity contribution >= 4 is 29.2 Å². The predicted octanol–water partition coefficient (Wildman–Crippen LogP) is -0.681. The van der Waals surface area contributed by atoms with Crippen molar-refractivity contribution in [2.75, 3.05) is 33.3 Å². The highest BCUT2D eigenvalue weighted by atomic mass is 16.3. The Balaban J connectivity index is 2.69. The highest BCUT2D eigenvalue weighted by Crippen LogP contribution is 2.30. The molecule has 0 heterocycles. The van der Waals surface area contributed by atoms with Gasteiger partial charge in [-0.3, -0.25) is 24.0 Å². The first-order valence-corrected chi connectivity index (χ1v) is 14.6. The molecule has 1 aliphatic rings. The van der Waals surface area contributed by atoms with Crippen LogP contribution >= 0.6 is 0 Å². The number of nitrogens with two attached hydrogens (primary N) is 1. The van der Waals surface area contributed by atoms with E-state index in [1.54, 1.807) is 27.8 Å². The molecule has 1 fully saturated rings. The van der Waals surface area contributed by atoms with E-state index in [0.717, 1.165) is 19.3 Å². The summed E-state index contributed by atoms with van der Waals surface area (Å²) in [6.45, 7) is 6.27. The summed E-state index contributed by atoms with van der Waals surface area (Å²) in [5.41, 5.74) is 4.07. The van der Waals surface area contributed by atoms with E-state index in [1.807, 2.05) is 6.92 Å². The summed E-state index contributed by atoms with van der Waals surface area (Å²) < 4.78 is 0. The molecule has 40 heavy (non-hydrogen) atoms. The van der Waals surface area contributed by atoms with Gasteiger partial charge in [-0.05, 0) is 46.6 Å². The molecule has 0 aliphatic heterocycles. The first-order chi connectivity index (χ1) is 18.9. The van der Waals surface area contributed by atoms with Gasteiger partial charge in [-0.25, -0.2) is 0 Å². The molecule has 0 spiro atoms. The minimum absolute atomic E-state index is 0.0776. The third-order valence-corrected chi connectivity index (χ3v) is 7.84. The van der Waals surface area contributed by atoms with Crippen LogP contribution < -0.4 is 32.3 Å². The number of hydrogen-bond donors (Lipinski definition) is 7. The number of amides is 2. The Labute approximate surface area is 238 Å². The summed E-state index contributed by atoms with van der Waals surface area (Å²) >= 11 is 0. The van der Waals surface area contributed by atoms with Gasteiger partial charge < -0.3 is 37.4 Å². The number of nitrogens with one attached hydrogen (secondary N) is 5. The first kappa shape index (κ1) is 35.8. The monoisotopic (exact) mass is 568 g/mol. The van der Waals surface area contributed by atoms with Crippen molar-refractivity contribution in [3.05, 3.63) is 0 Å². The lowest BCUT2D eigenvalue weighted by atomic mass is 9.80. The number of Topliss-reactive ketones (excluding diaryl/α,β-unsaturated/α-hetero) is 3. The van der Waals surface area contributed by atoms with Gasteiger partial charge in [0.25, 0.3) is 0 Å². The van der Waals surface area contributed by atoms with Gasteiger partial charge in [0.05, 0.1) is 37.8 Å². The van der Waals surface area contributed by atoms with Crippen LogP contribution in [0.25, 0.3) is 0 Å². The van der Waals surface area contributed by atoms with E-state index in [0.29, 0.717) is 25.2 Å². The average molecular weight is 569 g/mol. The molecule has 5 atom stereocenters. The van der Waals surface area contributed by atoms with E-state index in [9.17, 15) is 29.1 Å². The molecule has 8 N–H and O–H groups in total. The Kier molecular flexibility index (Phi) is 16.3. The van der Waals surface area contributed by atoms with Gasteiger partial charge >= 0.3 is 0 Å². The van der Waals surface area contributed by atoms with Crippen molar-refractivity contribution in [2.24, 2.45) is 11.7 Å². The minimum Gasteiger partial charge on any atom is -0.394 e. The zero-order chi connectivity index (χ0) is 30.3. The smallest absolute Gasteiger partial charge is 0.246 e. The Bertz CT molecular complexity index is 851. The molecule has 12 heteroatoms. The van der Waals surface area contributed by atoms with Crippen LogP contribution in [0.4, 0.5) is 0 Å². The highest BCUT2D eigenvalue weighted by Gasteiger charge is 2.38. The highest BCUT2D eigenvalue weighted by molar-refractivity contribution is 5.96. The quantitative estimate of drug-likeness (QED) is 0.0880. The largest absolute Gasteiger partial charge is 0.394 e. The number of aliphatic hydroxyl groups is 1. The van der Waals surface area contributed by atoms with Gasteiger partial charge in [-0.1, -0.05) is 39.0 Å². The van der Waals surface area contributed by atoms with Gasteiger partial charge in [-0.2, -0.15) is 0 Å². The van der Waals surface area contributed by atoms with Gasteiger partial charge in [0.1, 0.15) is 11.6 Å². The molecule has 0 aromatic heterocycles. The van der Waals surface area contributed by atoms with E-state index in [2.05, 4.69) is 26.6 Å². The summed E-state index contributed by atoms with van der Waals surface area (Å²) in [6, 6.07) is -2.71. The third kappa shape index (κ3) is 11.7. The molecule has 1 aliphatic carbocycles. The minimum atomic E-state index is -1.26. The summed E-state index contributed by atoms with van der Waals surface area (Å²) in [5.74, 6) is -1.11. The fourth-order valence-corrected chi connectivity index (χ4v) is 4.50. The second kappa shape index (κ2) is 18.2. The molecule has 0 unspecified atom stereocenters. The van der Waals surface area contributed by atoms with E-state index in [1.165, 1.54) is 6.42 Å². The maximum absolute atomic E-state index is 13.3. The number of carbonyl (C=O) groups excluding carboxylic acids is 5. The fraction of sp³-hybridized carbons (Fsp3) is 0.821. The van der Waals surface area contributed by atoms with Crippen molar-refractivity contribution in [3.8, 4) is 0 Å². The van der Waals surface area contributed by atoms with Crippen LogP contribution in [0.15, 0.2) is 0 Å². The maximum atomic E-state index is 13.3. The Morgan fingerprint density at radius 1 is 1.00 bits per heavy atom. The summed E-state index contributed by atoms with van der Waals surface area (Å²) in [7, 11) is 1.73. The molecule has 0 aromatic carbocycles. The van der Waals surface area contributed by atoms with Crippen LogP contribution in [0.3, 0.4) is 0 Å². The van der Waals surface area contributed by atoms with Gasteiger partial charge in [-0.15, -0.1) is 0 Å². The van der Waals surface area contributed by atoms with Crippen LogP contribution in [-0.2, 0) is 24.0 Å². The second-order valence-corrected chi connectivity index (χ2v) is 11.1. The number of carbonyl (C=O) groups is 5. The van der Waals surface area contributed by atoms with Crippen molar-refractivity contribution < 1.29 is 29.1 Å². The van der Waals surface area contributed by atoms with E-state index in [-0.39, 0.29) is 43.5 Å². The summed E-state index contributed by atoms with van der Waals surface area (Å²) in [6.07, 6.45) is 6.10. The van der Waals surface area contributed by atoms with Crippen molar-refractivity contribution in [1.29, 1.82) is 0 Å². The Morgan fingerprint density at radius 2 is 1.65 bits per heavy atom.